The second-order valence-corrected chi connectivity index (χ2v) is 6.98. The Morgan fingerprint density at radius 2 is 1.79 bits per heavy atom. The first-order valence-corrected chi connectivity index (χ1v) is 9.09. The second-order valence-electron chi connectivity index (χ2n) is 6.54. The summed E-state index contributed by atoms with van der Waals surface area (Å²) >= 11 is 5.87. The molecule has 0 unspecified atom stereocenters. The van der Waals surface area contributed by atoms with Crippen LogP contribution in [0, 0.1) is 5.82 Å². The highest BCUT2D eigenvalue weighted by Crippen LogP contribution is 2.22. The molecule has 3 rings (SSSR count). The van der Waals surface area contributed by atoms with E-state index in [0.717, 1.165) is 16.7 Å². The van der Waals surface area contributed by atoms with Gasteiger partial charge in [0, 0.05) is 17.0 Å². The van der Waals surface area contributed by atoms with Crippen molar-refractivity contribution in [3.05, 3.63) is 89.0 Å². The lowest BCUT2D eigenvalue weighted by atomic mass is 10.1. The topological polar surface area (TPSA) is 54.9 Å². The molecule has 1 N–H and O–H groups in total. The van der Waals surface area contributed by atoms with E-state index in [1.807, 2.05) is 6.92 Å². The molecule has 0 saturated carbocycles. The van der Waals surface area contributed by atoms with Gasteiger partial charge in [-0.15, -0.1) is 0 Å². The Labute approximate surface area is 168 Å². The molecule has 2 aromatic carbocycles. The van der Waals surface area contributed by atoms with E-state index in [0.29, 0.717) is 28.6 Å². The highest BCUT2D eigenvalue weighted by Gasteiger charge is 2.13. The van der Waals surface area contributed by atoms with Gasteiger partial charge in [0.25, 0.3) is 0 Å². The van der Waals surface area contributed by atoms with E-state index in [4.69, 9.17) is 11.6 Å². The molecule has 142 valence electrons. The number of allylic oxidation sites excluding steroid dienone is 1. The fourth-order valence-electron chi connectivity index (χ4n) is 2.66. The molecule has 1 amide bonds. The molecule has 3 aromatic rings. The smallest absolute Gasteiger partial charge is 0.229 e. The highest BCUT2D eigenvalue weighted by atomic mass is 35.5. The molecule has 0 fully saturated rings. The maximum atomic E-state index is 13.2. The fraction of sp³-hybridized carbons (Fsp3) is 0.136. The van der Waals surface area contributed by atoms with Crippen LogP contribution in [0.15, 0.2) is 66.9 Å². The molecule has 1 heterocycles. The Bertz CT molecular complexity index is 1000. The lowest BCUT2D eigenvalue weighted by molar-refractivity contribution is -0.115. The van der Waals surface area contributed by atoms with E-state index in [-0.39, 0.29) is 18.1 Å². The molecule has 28 heavy (non-hydrogen) atoms. The van der Waals surface area contributed by atoms with Crippen LogP contribution >= 0.6 is 11.6 Å². The number of benzene rings is 2. The van der Waals surface area contributed by atoms with Crippen LogP contribution in [0.2, 0.25) is 5.02 Å². The summed E-state index contributed by atoms with van der Waals surface area (Å²) in [7, 11) is 0. The van der Waals surface area contributed by atoms with Crippen LogP contribution in [-0.2, 0) is 17.6 Å². The number of carbonyl (C=O) groups excluding carboxylic acids is 1. The Morgan fingerprint density at radius 3 is 2.43 bits per heavy atom. The first-order valence-electron chi connectivity index (χ1n) is 8.71. The first-order chi connectivity index (χ1) is 13.4. The van der Waals surface area contributed by atoms with Gasteiger partial charge in [0.1, 0.15) is 5.82 Å². The number of nitrogens with one attached hydrogen (secondary N) is 1. The van der Waals surface area contributed by atoms with Crippen molar-refractivity contribution in [2.24, 2.45) is 0 Å². The molecule has 1 aromatic heterocycles. The Balaban J connectivity index is 1.82. The summed E-state index contributed by atoms with van der Waals surface area (Å²) < 4.78 is 13.2. The summed E-state index contributed by atoms with van der Waals surface area (Å²) in [5.41, 5.74) is 3.69. The predicted molar refractivity (Wildman–Crippen MR) is 110 cm³/mol. The van der Waals surface area contributed by atoms with Crippen molar-refractivity contribution in [2.45, 2.75) is 19.8 Å². The SMILES string of the molecule is C=C(C)Cc1nc(-c2ccc(F)cc2)cnc1NC(=O)Cc1ccc(Cl)cc1. The van der Waals surface area contributed by atoms with E-state index in [2.05, 4.69) is 21.9 Å². The molecular formula is C22H19ClFN3O. The van der Waals surface area contributed by atoms with Crippen molar-refractivity contribution in [3.8, 4) is 11.3 Å². The Kier molecular flexibility index (Phi) is 6.16. The van der Waals surface area contributed by atoms with E-state index in [1.165, 1.54) is 12.1 Å². The van der Waals surface area contributed by atoms with Gasteiger partial charge in [0.05, 0.1) is 24.0 Å². The zero-order valence-electron chi connectivity index (χ0n) is 15.4. The van der Waals surface area contributed by atoms with Gasteiger partial charge in [0.15, 0.2) is 5.82 Å². The maximum absolute atomic E-state index is 13.2. The van der Waals surface area contributed by atoms with Crippen molar-refractivity contribution in [2.75, 3.05) is 5.32 Å². The summed E-state index contributed by atoms with van der Waals surface area (Å²) in [4.78, 5) is 21.4. The average Bonchev–Trinajstić information content (AvgIpc) is 2.65. The van der Waals surface area contributed by atoms with Crippen LogP contribution < -0.4 is 5.32 Å². The van der Waals surface area contributed by atoms with E-state index in [9.17, 15) is 9.18 Å². The van der Waals surface area contributed by atoms with Gasteiger partial charge in [-0.1, -0.05) is 35.9 Å². The summed E-state index contributed by atoms with van der Waals surface area (Å²) in [5, 5.41) is 3.44. The lowest BCUT2D eigenvalue weighted by Crippen LogP contribution is -2.17. The lowest BCUT2D eigenvalue weighted by Gasteiger charge is -2.12. The van der Waals surface area contributed by atoms with Gasteiger partial charge in [-0.3, -0.25) is 4.79 Å². The normalized spacial score (nSPS) is 10.5. The molecule has 0 radical (unpaired) electrons. The third-order valence-corrected chi connectivity index (χ3v) is 4.24. The van der Waals surface area contributed by atoms with E-state index < -0.39 is 0 Å². The van der Waals surface area contributed by atoms with Gasteiger partial charge < -0.3 is 5.32 Å². The molecular weight excluding hydrogens is 377 g/mol. The minimum atomic E-state index is -0.315. The molecule has 0 atom stereocenters. The van der Waals surface area contributed by atoms with Gasteiger partial charge in [0.2, 0.25) is 5.91 Å². The molecule has 0 saturated heterocycles. The van der Waals surface area contributed by atoms with Crippen molar-refractivity contribution in [3.63, 3.8) is 0 Å². The minimum absolute atomic E-state index is 0.199. The second kappa shape index (κ2) is 8.76. The molecule has 0 bridgehead atoms. The van der Waals surface area contributed by atoms with Crippen molar-refractivity contribution >= 4 is 23.3 Å². The van der Waals surface area contributed by atoms with Crippen LogP contribution in [0.4, 0.5) is 10.2 Å². The van der Waals surface area contributed by atoms with Crippen molar-refractivity contribution in [1.29, 1.82) is 0 Å². The third kappa shape index (κ3) is 5.24. The number of rotatable bonds is 6. The molecule has 0 aliphatic heterocycles. The summed E-state index contributed by atoms with van der Waals surface area (Å²) in [6, 6.07) is 13.1. The summed E-state index contributed by atoms with van der Waals surface area (Å²) in [5.74, 6) is -0.119. The van der Waals surface area contributed by atoms with E-state index in [1.54, 1.807) is 42.6 Å². The van der Waals surface area contributed by atoms with Gasteiger partial charge in [-0.25, -0.2) is 14.4 Å². The number of amides is 1. The summed E-state index contributed by atoms with van der Waals surface area (Å²) in [6.07, 6.45) is 2.23. The van der Waals surface area contributed by atoms with Crippen LogP contribution in [0.5, 0.6) is 0 Å². The summed E-state index contributed by atoms with van der Waals surface area (Å²) in [6.45, 7) is 5.80. The van der Waals surface area contributed by atoms with Crippen LogP contribution in [-0.4, -0.2) is 15.9 Å². The number of halogens is 2. The number of hydrogen-bond donors (Lipinski definition) is 1. The van der Waals surface area contributed by atoms with Gasteiger partial charge in [-0.05, 0) is 48.9 Å². The van der Waals surface area contributed by atoms with E-state index >= 15 is 0 Å². The van der Waals surface area contributed by atoms with Crippen molar-refractivity contribution < 1.29 is 9.18 Å². The fourth-order valence-corrected chi connectivity index (χ4v) is 2.79. The first kappa shape index (κ1) is 19.7. The average molecular weight is 396 g/mol. The molecule has 0 spiro atoms. The van der Waals surface area contributed by atoms with Gasteiger partial charge >= 0.3 is 0 Å². The molecule has 6 heteroatoms. The predicted octanol–water partition coefficient (Wildman–Crippen LogP) is 5.24. The Hall–Kier alpha value is -3.05. The zero-order valence-corrected chi connectivity index (χ0v) is 16.1. The number of hydrogen-bond acceptors (Lipinski definition) is 3. The number of anilines is 1. The standard InChI is InChI=1S/C22H19ClFN3O/c1-14(2)11-19-22(27-21(28)12-15-3-7-17(23)8-4-15)25-13-20(26-19)16-5-9-18(24)10-6-16/h3-10,13H,1,11-12H2,2H3,(H,25,27,28). The third-order valence-electron chi connectivity index (χ3n) is 3.99. The van der Waals surface area contributed by atoms with Crippen LogP contribution in [0.25, 0.3) is 11.3 Å². The molecule has 0 aliphatic carbocycles. The van der Waals surface area contributed by atoms with Crippen LogP contribution in [0.1, 0.15) is 18.2 Å². The number of nitrogens with zero attached hydrogens (tertiary/aromatic N) is 2. The quantitative estimate of drug-likeness (QED) is 0.581. The van der Waals surface area contributed by atoms with Crippen molar-refractivity contribution in [1.82, 2.24) is 9.97 Å². The van der Waals surface area contributed by atoms with Crippen LogP contribution in [0.3, 0.4) is 0 Å². The minimum Gasteiger partial charge on any atom is -0.309 e. The highest BCUT2D eigenvalue weighted by molar-refractivity contribution is 6.30. The number of aromatic nitrogens is 2. The zero-order chi connectivity index (χ0) is 20.1. The largest absolute Gasteiger partial charge is 0.309 e. The monoisotopic (exact) mass is 395 g/mol. The Morgan fingerprint density at radius 1 is 1.11 bits per heavy atom. The number of carbonyl (C=O) groups is 1. The van der Waals surface area contributed by atoms with Gasteiger partial charge in [-0.2, -0.15) is 0 Å². The maximum Gasteiger partial charge on any atom is 0.229 e. The molecule has 0 aliphatic rings. The molecule has 4 nitrogen and oxygen atoms in total.